The molecular formula is C17H27N3O2. The van der Waals surface area contributed by atoms with Crippen molar-refractivity contribution in [1.82, 2.24) is 10.6 Å². The monoisotopic (exact) mass is 305 g/mol. The number of anilines is 1. The van der Waals surface area contributed by atoms with E-state index in [9.17, 15) is 9.59 Å². The predicted octanol–water partition coefficient (Wildman–Crippen LogP) is 2.29. The van der Waals surface area contributed by atoms with Crippen LogP contribution < -0.4 is 16.0 Å². The molecule has 0 aliphatic rings. The minimum absolute atomic E-state index is 0.00642. The summed E-state index contributed by atoms with van der Waals surface area (Å²) in [6.45, 7) is 7.75. The van der Waals surface area contributed by atoms with Gasteiger partial charge in [-0.3, -0.25) is 9.59 Å². The summed E-state index contributed by atoms with van der Waals surface area (Å²) < 4.78 is 0. The van der Waals surface area contributed by atoms with Crippen LogP contribution in [0.1, 0.15) is 39.2 Å². The van der Waals surface area contributed by atoms with Gasteiger partial charge in [-0.15, -0.1) is 0 Å². The van der Waals surface area contributed by atoms with E-state index in [1.165, 1.54) is 0 Å². The Morgan fingerprint density at radius 1 is 1.14 bits per heavy atom. The number of nitrogens with one attached hydrogen (secondary N) is 3. The van der Waals surface area contributed by atoms with Crippen molar-refractivity contribution >= 4 is 17.5 Å². The zero-order chi connectivity index (χ0) is 16.4. The Morgan fingerprint density at radius 2 is 1.86 bits per heavy atom. The third kappa shape index (κ3) is 7.22. The van der Waals surface area contributed by atoms with Gasteiger partial charge in [0.2, 0.25) is 11.8 Å². The number of benzene rings is 1. The first kappa shape index (κ1) is 18.2. The summed E-state index contributed by atoms with van der Waals surface area (Å²) in [5.74, 6) is 0.198. The molecular weight excluding hydrogens is 278 g/mol. The van der Waals surface area contributed by atoms with Gasteiger partial charge in [-0.2, -0.15) is 0 Å². The fraction of sp³-hybridized carbons (Fsp3) is 0.529. The van der Waals surface area contributed by atoms with Gasteiger partial charge in [0.15, 0.2) is 0 Å². The molecule has 0 saturated carbocycles. The van der Waals surface area contributed by atoms with Gasteiger partial charge >= 0.3 is 0 Å². The number of hydrogen-bond acceptors (Lipinski definition) is 3. The molecule has 1 aromatic carbocycles. The summed E-state index contributed by atoms with van der Waals surface area (Å²) in [4.78, 5) is 23.5. The maximum Gasteiger partial charge on any atom is 0.243 e. The molecule has 0 aliphatic heterocycles. The molecule has 1 rings (SSSR count). The Hall–Kier alpha value is -1.88. The molecule has 0 bridgehead atoms. The molecule has 5 nitrogen and oxygen atoms in total. The van der Waals surface area contributed by atoms with Gasteiger partial charge in [0.1, 0.15) is 0 Å². The van der Waals surface area contributed by atoms with E-state index in [-0.39, 0.29) is 18.4 Å². The SMILES string of the molecule is CCNCc1ccccc1NC(=O)CNC(=O)CCC(C)C. The topological polar surface area (TPSA) is 70.2 Å². The summed E-state index contributed by atoms with van der Waals surface area (Å²) in [5, 5.41) is 8.73. The molecule has 0 heterocycles. The zero-order valence-electron chi connectivity index (χ0n) is 13.7. The lowest BCUT2D eigenvalue weighted by atomic mass is 10.1. The lowest BCUT2D eigenvalue weighted by Crippen LogP contribution is -2.33. The second kappa shape index (κ2) is 9.95. The van der Waals surface area contributed by atoms with Gasteiger partial charge < -0.3 is 16.0 Å². The molecule has 0 fully saturated rings. The van der Waals surface area contributed by atoms with Crippen LogP contribution in [0, 0.1) is 5.92 Å². The van der Waals surface area contributed by atoms with Crippen molar-refractivity contribution in [3.05, 3.63) is 29.8 Å². The molecule has 0 saturated heterocycles. The van der Waals surface area contributed by atoms with E-state index in [1.54, 1.807) is 0 Å². The van der Waals surface area contributed by atoms with Crippen LogP contribution in [0.2, 0.25) is 0 Å². The Labute approximate surface area is 132 Å². The Kier molecular flexibility index (Phi) is 8.22. The molecule has 0 spiro atoms. The van der Waals surface area contributed by atoms with Crippen molar-refractivity contribution < 1.29 is 9.59 Å². The zero-order valence-corrected chi connectivity index (χ0v) is 13.7. The number of rotatable bonds is 9. The number of para-hydroxylation sites is 1. The molecule has 0 atom stereocenters. The fourth-order valence-electron chi connectivity index (χ4n) is 1.94. The van der Waals surface area contributed by atoms with E-state index in [4.69, 9.17) is 0 Å². The third-order valence-electron chi connectivity index (χ3n) is 3.25. The van der Waals surface area contributed by atoms with E-state index in [1.807, 2.05) is 31.2 Å². The first-order valence-corrected chi connectivity index (χ1v) is 7.88. The largest absolute Gasteiger partial charge is 0.347 e. The van der Waals surface area contributed by atoms with Crippen LogP contribution >= 0.6 is 0 Å². The van der Waals surface area contributed by atoms with Crippen molar-refractivity contribution in [3.63, 3.8) is 0 Å². The molecule has 0 aliphatic carbocycles. The van der Waals surface area contributed by atoms with Crippen molar-refractivity contribution in [2.45, 2.75) is 40.2 Å². The first-order chi connectivity index (χ1) is 10.5. The fourth-order valence-corrected chi connectivity index (χ4v) is 1.94. The minimum Gasteiger partial charge on any atom is -0.347 e. The van der Waals surface area contributed by atoms with Gasteiger partial charge in [0.25, 0.3) is 0 Å². The molecule has 122 valence electrons. The molecule has 0 aromatic heterocycles. The van der Waals surface area contributed by atoms with Crippen LogP contribution in [-0.2, 0) is 16.1 Å². The molecule has 0 radical (unpaired) electrons. The summed E-state index contributed by atoms with van der Waals surface area (Å²) in [6.07, 6.45) is 1.29. The second-order valence-corrected chi connectivity index (χ2v) is 5.69. The lowest BCUT2D eigenvalue weighted by Gasteiger charge is -2.12. The van der Waals surface area contributed by atoms with Crippen LogP contribution in [0.25, 0.3) is 0 Å². The highest BCUT2D eigenvalue weighted by Gasteiger charge is 2.08. The molecule has 0 unspecified atom stereocenters. The van der Waals surface area contributed by atoms with E-state index < -0.39 is 0 Å². The van der Waals surface area contributed by atoms with Gasteiger partial charge in [-0.25, -0.2) is 0 Å². The lowest BCUT2D eigenvalue weighted by molar-refractivity contribution is -0.124. The summed E-state index contributed by atoms with van der Waals surface area (Å²) in [6, 6.07) is 7.66. The summed E-state index contributed by atoms with van der Waals surface area (Å²) >= 11 is 0. The highest BCUT2D eigenvalue weighted by Crippen LogP contribution is 2.14. The van der Waals surface area contributed by atoms with E-state index in [0.29, 0.717) is 18.9 Å². The van der Waals surface area contributed by atoms with E-state index >= 15 is 0 Å². The predicted molar refractivity (Wildman–Crippen MR) is 89.5 cm³/mol. The summed E-state index contributed by atoms with van der Waals surface area (Å²) in [7, 11) is 0. The van der Waals surface area contributed by atoms with Gasteiger partial charge in [-0.05, 0) is 30.5 Å². The maximum absolute atomic E-state index is 11.9. The van der Waals surface area contributed by atoms with Gasteiger partial charge in [0.05, 0.1) is 6.54 Å². The molecule has 22 heavy (non-hydrogen) atoms. The van der Waals surface area contributed by atoms with Gasteiger partial charge in [0, 0.05) is 18.7 Å². The molecule has 2 amide bonds. The van der Waals surface area contributed by atoms with Crippen molar-refractivity contribution in [3.8, 4) is 0 Å². The highest BCUT2D eigenvalue weighted by atomic mass is 16.2. The number of carbonyl (C=O) groups is 2. The van der Waals surface area contributed by atoms with Gasteiger partial charge in [-0.1, -0.05) is 39.0 Å². The normalized spacial score (nSPS) is 10.5. The van der Waals surface area contributed by atoms with E-state index in [2.05, 4.69) is 29.8 Å². The number of hydrogen-bond donors (Lipinski definition) is 3. The van der Waals surface area contributed by atoms with Crippen LogP contribution in [-0.4, -0.2) is 24.9 Å². The Bertz CT molecular complexity index is 487. The van der Waals surface area contributed by atoms with Crippen molar-refractivity contribution in [2.75, 3.05) is 18.4 Å². The minimum atomic E-state index is -0.207. The Balaban J connectivity index is 2.43. The third-order valence-corrected chi connectivity index (χ3v) is 3.25. The Morgan fingerprint density at radius 3 is 2.55 bits per heavy atom. The smallest absolute Gasteiger partial charge is 0.243 e. The van der Waals surface area contributed by atoms with Crippen molar-refractivity contribution in [2.24, 2.45) is 5.92 Å². The average Bonchev–Trinajstić information content (AvgIpc) is 2.50. The van der Waals surface area contributed by atoms with Crippen LogP contribution in [0.3, 0.4) is 0 Å². The second-order valence-electron chi connectivity index (χ2n) is 5.69. The van der Waals surface area contributed by atoms with Crippen LogP contribution in [0.5, 0.6) is 0 Å². The van der Waals surface area contributed by atoms with Crippen LogP contribution in [0.15, 0.2) is 24.3 Å². The maximum atomic E-state index is 11.9. The first-order valence-electron chi connectivity index (χ1n) is 7.88. The number of carbonyl (C=O) groups excluding carboxylic acids is 2. The quantitative estimate of drug-likeness (QED) is 0.655. The van der Waals surface area contributed by atoms with Crippen molar-refractivity contribution in [1.29, 1.82) is 0 Å². The van der Waals surface area contributed by atoms with E-state index in [0.717, 1.165) is 24.2 Å². The summed E-state index contributed by atoms with van der Waals surface area (Å²) in [5.41, 5.74) is 1.81. The molecule has 3 N–H and O–H groups in total. The standard InChI is InChI=1S/C17H27N3O2/c1-4-18-11-14-7-5-6-8-15(14)20-17(22)12-19-16(21)10-9-13(2)3/h5-8,13,18H,4,9-12H2,1-3H3,(H,19,21)(H,20,22). The average molecular weight is 305 g/mol. The highest BCUT2D eigenvalue weighted by molar-refractivity contribution is 5.95. The molecule has 5 heteroatoms. The van der Waals surface area contributed by atoms with Crippen LogP contribution in [0.4, 0.5) is 5.69 Å². The number of amides is 2. The molecule has 1 aromatic rings.